The molecule has 5 aliphatic rings. The smallest absolute Gasteiger partial charge is 0.184 e. The van der Waals surface area contributed by atoms with E-state index in [4.69, 9.17) is 13.9 Å². The van der Waals surface area contributed by atoms with Crippen LogP contribution in [0.3, 0.4) is 0 Å². The van der Waals surface area contributed by atoms with Crippen LogP contribution < -0.4 is 0 Å². The molecule has 0 N–H and O–H groups in total. The molecule has 0 aromatic carbocycles. The fraction of sp³-hybridized carbons (Fsp3) is 0.786. The van der Waals surface area contributed by atoms with Gasteiger partial charge < -0.3 is 13.9 Å². The van der Waals surface area contributed by atoms with Gasteiger partial charge in [0, 0.05) is 18.9 Å². The molecule has 3 nitrogen and oxygen atoms in total. The van der Waals surface area contributed by atoms with Gasteiger partial charge in [0.2, 0.25) is 0 Å². The lowest BCUT2D eigenvalue weighted by Gasteiger charge is -2.51. The van der Waals surface area contributed by atoms with Gasteiger partial charge in [-0.2, -0.15) is 0 Å². The van der Waals surface area contributed by atoms with Crippen molar-refractivity contribution in [1.29, 1.82) is 0 Å². The lowest BCUT2D eigenvalue weighted by molar-refractivity contribution is -0.168. The van der Waals surface area contributed by atoms with Crippen molar-refractivity contribution < 1.29 is 13.9 Å². The Kier molecular flexibility index (Phi) is 5.81. The molecule has 2 fully saturated rings. The van der Waals surface area contributed by atoms with E-state index in [-0.39, 0.29) is 5.92 Å². The molecule has 4 aliphatic carbocycles. The molecule has 1 unspecified atom stereocenters. The Balaban J connectivity index is 1.46. The summed E-state index contributed by atoms with van der Waals surface area (Å²) < 4.78 is 18.9. The largest absolute Gasteiger partial charge is 0.415 e. The van der Waals surface area contributed by atoms with Gasteiger partial charge >= 0.3 is 0 Å². The SMILES string of the molecule is CC#C[C@H]1CC2(CC3=C1C1=CC[C@]4(C)[C@@H](C(C)O[Si](C)(C)C)CC[C@H]4[C@@H]1CC3)OCCO2. The molecule has 0 bridgehead atoms. The molecule has 1 aliphatic heterocycles. The number of fused-ring (bicyclic) bond motifs is 4. The minimum atomic E-state index is -1.53. The predicted octanol–water partition coefficient (Wildman–Crippen LogP) is 6.47. The van der Waals surface area contributed by atoms with Crippen LogP contribution in [0.4, 0.5) is 0 Å². The zero-order chi connectivity index (χ0) is 22.7. The highest BCUT2D eigenvalue weighted by molar-refractivity contribution is 6.69. The van der Waals surface area contributed by atoms with Gasteiger partial charge in [-0.05, 0) is 99.9 Å². The number of rotatable bonds is 3. The van der Waals surface area contributed by atoms with Gasteiger partial charge in [0.1, 0.15) is 0 Å². The summed E-state index contributed by atoms with van der Waals surface area (Å²) in [5, 5.41) is 0. The standard InChI is InChI=1S/C28H42O3Si/c1-7-8-20-17-28(29-15-16-30-28)18-21-9-10-22-23(26(20)21)13-14-27(3)24(11-12-25(22)27)19(2)31-32(4,5)6/h13,19-20,22,24-25H,9-12,14-18H2,1-6H3/t19?,20-,22+,24+,25-,27+/m0/s1. The molecule has 0 amide bonds. The molecule has 32 heavy (non-hydrogen) atoms. The van der Waals surface area contributed by atoms with Crippen molar-refractivity contribution in [2.24, 2.45) is 29.1 Å². The van der Waals surface area contributed by atoms with Crippen LogP contribution in [0, 0.1) is 40.9 Å². The molecular weight excluding hydrogens is 412 g/mol. The molecule has 5 rings (SSSR count). The lowest BCUT2D eigenvalue weighted by Crippen LogP contribution is -2.45. The van der Waals surface area contributed by atoms with E-state index in [9.17, 15) is 0 Å². The Hall–Kier alpha value is -0.863. The Bertz CT molecular complexity index is 879. The molecule has 4 heteroatoms. The number of ether oxygens (including phenoxy) is 2. The van der Waals surface area contributed by atoms with Crippen LogP contribution in [-0.2, 0) is 13.9 Å². The predicted molar refractivity (Wildman–Crippen MR) is 131 cm³/mol. The molecule has 6 atom stereocenters. The van der Waals surface area contributed by atoms with Crippen molar-refractivity contribution in [2.75, 3.05) is 13.2 Å². The van der Waals surface area contributed by atoms with E-state index in [1.165, 1.54) is 32.1 Å². The van der Waals surface area contributed by atoms with E-state index in [1.807, 2.05) is 6.92 Å². The van der Waals surface area contributed by atoms with E-state index < -0.39 is 14.1 Å². The lowest BCUT2D eigenvalue weighted by atomic mass is 9.55. The number of allylic oxidation sites excluding steroid dienone is 3. The van der Waals surface area contributed by atoms with E-state index in [1.54, 1.807) is 16.7 Å². The zero-order valence-electron chi connectivity index (χ0n) is 21.1. The Labute approximate surface area is 196 Å². The minimum absolute atomic E-state index is 0.256. The third kappa shape index (κ3) is 3.78. The molecular formula is C28H42O3Si. The van der Waals surface area contributed by atoms with Crippen molar-refractivity contribution in [2.45, 2.75) is 97.2 Å². The number of hydrogen-bond donors (Lipinski definition) is 0. The van der Waals surface area contributed by atoms with Gasteiger partial charge in [-0.3, -0.25) is 0 Å². The Morgan fingerprint density at radius 1 is 1.16 bits per heavy atom. The Morgan fingerprint density at radius 2 is 1.91 bits per heavy atom. The molecule has 0 aromatic rings. The quantitative estimate of drug-likeness (QED) is 0.361. The second-order valence-electron chi connectivity index (χ2n) is 12.2. The van der Waals surface area contributed by atoms with E-state index in [0.717, 1.165) is 32.0 Å². The summed E-state index contributed by atoms with van der Waals surface area (Å²) in [6, 6.07) is 0. The van der Waals surface area contributed by atoms with Crippen molar-refractivity contribution >= 4 is 8.32 Å². The summed E-state index contributed by atoms with van der Waals surface area (Å²) in [6.45, 7) is 15.3. The van der Waals surface area contributed by atoms with E-state index >= 15 is 0 Å². The molecule has 176 valence electrons. The summed E-state index contributed by atoms with van der Waals surface area (Å²) in [6.07, 6.45) is 11.2. The summed E-state index contributed by atoms with van der Waals surface area (Å²) >= 11 is 0. The van der Waals surface area contributed by atoms with Gasteiger partial charge in [-0.25, -0.2) is 0 Å². The maximum atomic E-state index is 6.62. The first-order valence-corrected chi connectivity index (χ1v) is 16.4. The summed E-state index contributed by atoms with van der Waals surface area (Å²) in [7, 11) is -1.53. The summed E-state index contributed by atoms with van der Waals surface area (Å²) in [4.78, 5) is 0. The van der Waals surface area contributed by atoms with Gasteiger partial charge in [0.25, 0.3) is 0 Å². The van der Waals surface area contributed by atoms with Crippen molar-refractivity contribution in [3.8, 4) is 11.8 Å². The molecule has 0 aromatic heterocycles. The molecule has 1 saturated carbocycles. The van der Waals surface area contributed by atoms with Gasteiger partial charge in [0.05, 0.1) is 19.1 Å². The molecule has 0 radical (unpaired) electrons. The van der Waals surface area contributed by atoms with Crippen LogP contribution in [0.25, 0.3) is 0 Å². The average molecular weight is 455 g/mol. The molecule has 1 heterocycles. The highest BCUT2D eigenvalue weighted by atomic mass is 28.4. The van der Waals surface area contributed by atoms with Crippen LogP contribution >= 0.6 is 0 Å². The third-order valence-electron chi connectivity index (χ3n) is 9.16. The molecule has 1 spiro atoms. The van der Waals surface area contributed by atoms with E-state index in [2.05, 4.69) is 51.4 Å². The maximum Gasteiger partial charge on any atom is 0.184 e. The van der Waals surface area contributed by atoms with Crippen LogP contribution in [-0.4, -0.2) is 33.4 Å². The van der Waals surface area contributed by atoms with Crippen LogP contribution in [0.1, 0.15) is 65.7 Å². The highest BCUT2D eigenvalue weighted by Crippen LogP contribution is 2.63. The van der Waals surface area contributed by atoms with Crippen LogP contribution in [0.5, 0.6) is 0 Å². The van der Waals surface area contributed by atoms with Crippen molar-refractivity contribution in [3.63, 3.8) is 0 Å². The van der Waals surface area contributed by atoms with Gasteiger partial charge in [0.15, 0.2) is 14.1 Å². The van der Waals surface area contributed by atoms with E-state index in [0.29, 0.717) is 23.4 Å². The van der Waals surface area contributed by atoms with Crippen LogP contribution in [0.15, 0.2) is 22.8 Å². The van der Waals surface area contributed by atoms with Crippen molar-refractivity contribution in [1.82, 2.24) is 0 Å². The van der Waals surface area contributed by atoms with Gasteiger partial charge in [-0.15, -0.1) is 5.92 Å². The second kappa shape index (κ2) is 8.12. The van der Waals surface area contributed by atoms with Gasteiger partial charge in [-0.1, -0.05) is 24.5 Å². The minimum Gasteiger partial charge on any atom is -0.415 e. The molecule has 1 saturated heterocycles. The highest BCUT2D eigenvalue weighted by Gasteiger charge is 2.56. The van der Waals surface area contributed by atoms with Crippen LogP contribution in [0.2, 0.25) is 19.6 Å². The third-order valence-corrected chi connectivity index (χ3v) is 10.2. The first-order valence-electron chi connectivity index (χ1n) is 13.0. The fourth-order valence-electron chi connectivity index (χ4n) is 8.16. The van der Waals surface area contributed by atoms with Crippen molar-refractivity contribution in [3.05, 3.63) is 22.8 Å². The topological polar surface area (TPSA) is 27.7 Å². The average Bonchev–Trinajstić information content (AvgIpc) is 3.30. The summed E-state index contributed by atoms with van der Waals surface area (Å²) in [5.74, 6) is 8.79. The first-order chi connectivity index (χ1) is 15.2. The fourth-order valence-corrected chi connectivity index (χ4v) is 9.44. The maximum absolute atomic E-state index is 6.62. The normalized spacial score (nSPS) is 39.0. The monoisotopic (exact) mass is 454 g/mol. The summed E-state index contributed by atoms with van der Waals surface area (Å²) in [5.41, 5.74) is 5.16. The zero-order valence-corrected chi connectivity index (χ0v) is 22.1. The number of hydrogen-bond acceptors (Lipinski definition) is 3. The second-order valence-corrected chi connectivity index (χ2v) is 16.7. The Morgan fingerprint density at radius 3 is 2.59 bits per heavy atom. The first kappa shape index (κ1) is 22.9.